The van der Waals surface area contributed by atoms with Crippen LogP contribution in [0.2, 0.25) is 0 Å². The number of carbonyl (C=O) groups excluding carboxylic acids is 4. The molecule has 1 aliphatic heterocycles. The van der Waals surface area contributed by atoms with E-state index in [4.69, 9.17) is 9.47 Å². The number of imide groups is 1. The fraction of sp³-hybridized carbons (Fsp3) is 0.143. The predicted octanol–water partition coefficient (Wildman–Crippen LogP) is 4.11. The van der Waals surface area contributed by atoms with Crippen LogP contribution in [0.25, 0.3) is 6.08 Å². The van der Waals surface area contributed by atoms with Crippen LogP contribution in [0.5, 0.6) is 5.75 Å². The quantitative estimate of drug-likeness (QED) is 0.237. The molecular formula is C21H16INO6S. The third-order valence-electron chi connectivity index (χ3n) is 3.95. The van der Waals surface area contributed by atoms with Crippen molar-refractivity contribution in [3.63, 3.8) is 0 Å². The lowest BCUT2D eigenvalue weighted by Gasteiger charge is -2.10. The lowest BCUT2D eigenvalue weighted by Crippen LogP contribution is -2.34. The maximum Gasteiger partial charge on any atom is 0.344 e. The molecule has 0 N–H and O–H groups in total. The first-order chi connectivity index (χ1) is 14.4. The van der Waals surface area contributed by atoms with E-state index in [0.29, 0.717) is 16.9 Å². The first-order valence-corrected chi connectivity index (χ1v) is 10.8. The summed E-state index contributed by atoms with van der Waals surface area (Å²) >= 11 is 2.82. The Balaban J connectivity index is 1.68. The van der Waals surface area contributed by atoms with Crippen molar-refractivity contribution >= 4 is 63.5 Å². The molecule has 1 saturated heterocycles. The molecule has 2 aromatic carbocycles. The van der Waals surface area contributed by atoms with Gasteiger partial charge in [-0.25, -0.2) is 4.79 Å². The van der Waals surface area contributed by atoms with Gasteiger partial charge in [-0.2, -0.15) is 0 Å². The average Bonchev–Trinajstić information content (AvgIpc) is 2.97. The van der Waals surface area contributed by atoms with Gasteiger partial charge in [-0.05, 0) is 77.2 Å². The van der Waals surface area contributed by atoms with Crippen molar-refractivity contribution in [2.24, 2.45) is 0 Å². The molecule has 154 valence electrons. The Morgan fingerprint density at radius 3 is 2.47 bits per heavy atom. The van der Waals surface area contributed by atoms with E-state index in [0.717, 1.165) is 20.2 Å². The Bertz CT molecular complexity index is 1030. The van der Waals surface area contributed by atoms with Crippen LogP contribution in [0, 0.1) is 3.57 Å². The third-order valence-corrected chi connectivity index (χ3v) is 5.80. The molecule has 7 nitrogen and oxygen atoms in total. The molecule has 1 aliphatic rings. The molecule has 2 amide bonds. The number of rotatable bonds is 6. The number of halogens is 1. The molecule has 1 heterocycles. The van der Waals surface area contributed by atoms with Crippen LogP contribution in [0.1, 0.15) is 22.8 Å². The van der Waals surface area contributed by atoms with Crippen molar-refractivity contribution in [1.29, 1.82) is 0 Å². The van der Waals surface area contributed by atoms with Crippen LogP contribution in [0.15, 0.2) is 53.4 Å². The highest BCUT2D eigenvalue weighted by atomic mass is 127. The van der Waals surface area contributed by atoms with Gasteiger partial charge in [0.15, 0.2) is 0 Å². The second-order valence-electron chi connectivity index (χ2n) is 6.01. The monoisotopic (exact) mass is 537 g/mol. The molecule has 1 fully saturated rings. The zero-order valence-electron chi connectivity index (χ0n) is 15.8. The molecule has 0 aromatic heterocycles. The summed E-state index contributed by atoms with van der Waals surface area (Å²) in [6.07, 6.45) is 1.54. The smallest absolute Gasteiger partial charge is 0.344 e. The van der Waals surface area contributed by atoms with Gasteiger partial charge >= 0.3 is 11.9 Å². The van der Waals surface area contributed by atoms with Crippen LogP contribution in [0.3, 0.4) is 0 Å². The van der Waals surface area contributed by atoms with Gasteiger partial charge in [0, 0.05) is 3.57 Å². The molecule has 0 atom stereocenters. The Hall–Kier alpha value is -2.66. The van der Waals surface area contributed by atoms with Crippen LogP contribution >= 0.6 is 34.4 Å². The molecule has 3 rings (SSSR count). The lowest BCUT2D eigenvalue weighted by molar-refractivity contribution is -0.145. The minimum atomic E-state index is -0.639. The first-order valence-electron chi connectivity index (χ1n) is 8.86. The van der Waals surface area contributed by atoms with E-state index >= 15 is 0 Å². The van der Waals surface area contributed by atoms with Gasteiger partial charge in [0.25, 0.3) is 11.1 Å². The van der Waals surface area contributed by atoms with Crippen LogP contribution in [0.4, 0.5) is 4.79 Å². The van der Waals surface area contributed by atoms with E-state index < -0.39 is 29.6 Å². The van der Waals surface area contributed by atoms with Crippen molar-refractivity contribution in [1.82, 2.24) is 4.90 Å². The summed E-state index contributed by atoms with van der Waals surface area (Å²) in [4.78, 5) is 49.3. The van der Waals surface area contributed by atoms with Gasteiger partial charge < -0.3 is 9.47 Å². The predicted molar refractivity (Wildman–Crippen MR) is 120 cm³/mol. The lowest BCUT2D eigenvalue weighted by atomic mass is 10.2. The summed E-state index contributed by atoms with van der Waals surface area (Å²) in [5, 5.41) is -0.526. The molecular weight excluding hydrogens is 521 g/mol. The fourth-order valence-electron chi connectivity index (χ4n) is 2.54. The Morgan fingerprint density at radius 2 is 1.80 bits per heavy atom. The van der Waals surface area contributed by atoms with Crippen molar-refractivity contribution in [3.05, 3.63) is 68.1 Å². The van der Waals surface area contributed by atoms with E-state index in [-0.39, 0.29) is 11.5 Å². The topological polar surface area (TPSA) is 90.0 Å². The van der Waals surface area contributed by atoms with Crippen LogP contribution in [-0.4, -0.2) is 41.1 Å². The highest BCUT2D eigenvalue weighted by Crippen LogP contribution is 2.32. The Morgan fingerprint density at radius 1 is 1.10 bits per heavy atom. The summed E-state index contributed by atoms with van der Waals surface area (Å²) in [5.41, 5.74) is 1.11. The minimum absolute atomic E-state index is 0.172. The van der Waals surface area contributed by atoms with Crippen molar-refractivity contribution < 1.29 is 28.7 Å². The van der Waals surface area contributed by atoms with Crippen LogP contribution in [-0.2, 0) is 14.3 Å². The third kappa shape index (κ3) is 5.28. The van der Waals surface area contributed by atoms with E-state index in [1.807, 2.05) is 12.1 Å². The number of esters is 2. The minimum Gasteiger partial charge on any atom is -0.465 e. The zero-order chi connectivity index (χ0) is 21.7. The van der Waals surface area contributed by atoms with Gasteiger partial charge in [-0.15, -0.1) is 0 Å². The van der Waals surface area contributed by atoms with Crippen molar-refractivity contribution in [3.8, 4) is 5.75 Å². The summed E-state index contributed by atoms with van der Waals surface area (Å²) in [6, 6.07) is 13.6. The molecule has 0 saturated carbocycles. The molecule has 2 aromatic rings. The SMILES string of the molecule is CCOC(=O)CN1C(=O)S/C(=C\c2ccc(OC(=O)c3ccccc3I)cc2)C1=O. The van der Waals surface area contributed by atoms with Crippen LogP contribution < -0.4 is 4.74 Å². The highest BCUT2D eigenvalue weighted by Gasteiger charge is 2.36. The molecule has 0 aliphatic carbocycles. The maximum atomic E-state index is 12.4. The number of hydrogen-bond donors (Lipinski definition) is 0. The average molecular weight is 537 g/mol. The molecule has 0 spiro atoms. The van der Waals surface area contributed by atoms with Crippen molar-refractivity contribution in [2.45, 2.75) is 6.92 Å². The number of benzene rings is 2. The van der Waals surface area contributed by atoms with E-state index in [1.165, 1.54) is 0 Å². The summed E-state index contributed by atoms with van der Waals surface area (Å²) in [5.74, 6) is -1.30. The van der Waals surface area contributed by atoms with E-state index in [2.05, 4.69) is 22.6 Å². The summed E-state index contributed by atoms with van der Waals surface area (Å²) in [6.45, 7) is 1.40. The number of carbonyl (C=O) groups is 4. The molecule has 0 bridgehead atoms. The molecule has 30 heavy (non-hydrogen) atoms. The van der Waals surface area contributed by atoms with Gasteiger partial charge in [0.2, 0.25) is 0 Å². The number of amides is 2. The van der Waals surface area contributed by atoms with Gasteiger partial charge in [0.05, 0.1) is 17.1 Å². The maximum absolute atomic E-state index is 12.4. The largest absolute Gasteiger partial charge is 0.465 e. The fourth-order valence-corrected chi connectivity index (χ4v) is 3.99. The van der Waals surface area contributed by atoms with E-state index in [1.54, 1.807) is 49.4 Å². The van der Waals surface area contributed by atoms with E-state index in [9.17, 15) is 19.2 Å². The van der Waals surface area contributed by atoms with Gasteiger partial charge in [-0.3, -0.25) is 19.3 Å². The summed E-state index contributed by atoms with van der Waals surface area (Å²) < 4.78 is 10.9. The van der Waals surface area contributed by atoms with Gasteiger partial charge in [0.1, 0.15) is 12.3 Å². The van der Waals surface area contributed by atoms with Crippen molar-refractivity contribution in [2.75, 3.05) is 13.2 Å². The second kappa shape index (κ2) is 9.90. The highest BCUT2D eigenvalue weighted by molar-refractivity contribution is 14.1. The standard InChI is InChI=1S/C21H16INO6S/c1-2-28-18(24)12-23-19(25)17(30-21(23)27)11-13-7-9-14(10-8-13)29-20(26)15-5-3-4-6-16(15)22/h3-11H,2,12H2,1H3/b17-11-. The Labute approximate surface area is 190 Å². The molecule has 0 unspecified atom stereocenters. The second-order valence-corrected chi connectivity index (χ2v) is 8.17. The normalized spacial score (nSPS) is 14.9. The van der Waals surface area contributed by atoms with Gasteiger partial charge in [-0.1, -0.05) is 24.3 Å². The Kier molecular flexibility index (Phi) is 7.27. The number of thioether (sulfide) groups is 1. The zero-order valence-corrected chi connectivity index (χ0v) is 18.8. The molecule has 0 radical (unpaired) electrons. The summed E-state index contributed by atoms with van der Waals surface area (Å²) in [7, 11) is 0. The number of nitrogens with zero attached hydrogens (tertiary/aromatic N) is 1. The number of ether oxygens (including phenoxy) is 2. The number of hydrogen-bond acceptors (Lipinski definition) is 7. The molecule has 9 heteroatoms. The first kappa shape index (κ1) is 22.0.